The van der Waals surface area contributed by atoms with E-state index >= 15 is 0 Å². The van der Waals surface area contributed by atoms with Crippen molar-refractivity contribution in [1.82, 2.24) is 19.7 Å². The molecule has 0 fully saturated rings. The van der Waals surface area contributed by atoms with Gasteiger partial charge in [0.05, 0.1) is 11.0 Å². The maximum Gasteiger partial charge on any atom is 0.163 e. The van der Waals surface area contributed by atoms with E-state index in [-0.39, 0.29) is 0 Å². The first-order valence-corrected chi connectivity index (χ1v) is 5.59. The summed E-state index contributed by atoms with van der Waals surface area (Å²) in [6.07, 6.45) is -0.400. The van der Waals surface area contributed by atoms with Crippen LogP contribution in [0.15, 0.2) is 24.3 Å². The monoisotopic (exact) mass is 241 g/mol. The summed E-state index contributed by atoms with van der Waals surface area (Å²) in [6, 6.07) is 7.83. The number of fused-ring (bicyclic) bond motifs is 5. The molecule has 7 heteroatoms. The van der Waals surface area contributed by atoms with Gasteiger partial charge >= 0.3 is 0 Å². The van der Waals surface area contributed by atoms with Crippen molar-refractivity contribution in [3.8, 4) is 11.4 Å². The van der Waals surface area contributed by atoms with E-state index in [1.165, 1.54) is 0 Å². The normalized spacial score (nSPS) is 17.3. The molecule has 90 valence electrons. The van der Waals surface area contributed by atoms with Gasteiger partial charge < -0.3 is 11.1 Å². The van der Waals surface area contributed by atoms with Gasteiger partial charge in [-0.1, -0.05) is 12.1 Å². The number of para-hydroxylation sites is 2. The number of hydrogen-bond acceptors (Lipinski definition) is 5. The Morgan fingerprint density at radius 2 is 2.11 bits per heavy atom. The minimum atomic E-state index is -0.400. The quantitative estimate of drug-likeness (QED) is 0.466. The summed E-state index contributed by atoms with van der Waals surface area (Å²) in [7, 11) is 0. The highest BCUT2D eigenvalue weighted by Gasteiger charge is 2.28. The van der Waals surface area contributed by atoms with Crippen LogP contribution in [0, 0.1) is 0 Å². The highest BCUT2D eigenvalue weighted by atomic mass is 15.4. The van der Waals surface area contributed by atoms with Gasteiger partial charge in [0.2, 0.25) is 0 Å². The first-order valence-electron chi connectivity index (χ1n) is 5.59. The van der Waals surface area contributed by atoms with Crippen molar-refractivity contribution in [2.75, 3.05) is 11.1 Å². The van der Waals surface area contributed by atoms with Crippen LogP contribution in [0.2, 0.25) is 0 Å². The fraction of sp³-hybridized carbons (Fsp3) is 0.0909. The number of H-pyrrole nitrogens is 1. The second-order valence-electron chi connectivity index (χ2n) is 4.24. The van der Waals surface area contributed by atoms with Crippen LogP contribution < -0.4 is 16.8 Å². The van der Waals surface area contributed by atoms with E-state index in [0.717, 1.165) is 22.4 Å². The molecule has 3 aromatic rings. The van der Waals surface area contributed by atoms with Gasteiger partial charge in [0.25, 0.3) is 0 Å². The predicted molar refractivity (Wildman–Crippen MR) is 68.6 cm³/mol. The van der Waals surface area contributed by atoms with Gasteiger partial charge in [0, 0.05) is 0 Å². The van der Waals surface area contributed by atoms with E-state index in [1.54, 1.807) is 0 Å². The minimum Gasteiger partial charge on any atom is -0.383 e. The number of nitrogens with zero attached hydrogens (tertiary/aromatic N) is 3. The fourth-order valence-electron chi connectivity index (χ4n) is 2.39. The van der Waals surface area contributed by atoms with Crippen LogP contribution in [-0.2, 0) is 0 Å². The van der Waals surface area contributed by atoms with Crippen molar-refractivity contribution in [3.05, 3.63) is 24.3 Å². The third kappa shape index (κ3) is 1.01. The van der Waals surface area contributed by atoms with E-state index in [0.29, 0.717) is 11.6 Å². The number of aromatic nitrogens is 4. The zero-order valence-corrected chi connectivity index (χ0v) is 9.38. The van der Waals surface area contributed by atoms with E-state index in [1.807, 2.05) is 28.8 Å². The molecule has 1 atom stereocenters. The van der Waals surface area contributed by atoms with Crippen molar-refractivity contribution in [3.63, 3.8) is 0 Å². The summed E-state index contributed by atoms with van der Waals surface area (Å²) < 4.78 is 1.92. The molecule has 0 saturated heterocycles. The minimum absolute atomic E-state index is 0.400. The van der Waals surface area contributed by atoms with Crippen LogP contribution in [0.3, 0.4) is 0 Å². The van der Waals surface area contributed by atoms with Gasteiger partial charge in [-0.05, 0) is 12.1 Å². The van der Waals surface area contributed by atoms with Crippen LogP contribution >= 0.6 is 0 Å². The molecule has 1 aromatic carbocycles. The summed E-state index contributed by atoms with van der Waals surface area (Å²) in [4.78, 5) is 4.58. The molecule has 0 spiro atoms. The standard InChI is InChI=1S/C11H11N7/c12-8-7-9(17-16-8)15-11(13)18-6-4-2-1-3-5(6)14-10(7)18/h1-4,11H,13H2,(H4,12,15,16,17). The maximum atomic E-state index is 6.10. The molecule has 0 amide bonds. The SMILES string of the molecule is Nc1[nH]nc2c1-c1nc3ccccc3n1C(N)N2. The third-order valence-electron chi connectivity index (χ3n) is 3.18. The number of aromatic amines is 1. The number of benzene rings is 1. The van der Waals surface area contributed by atoms with Gasteiger partial charge in [-0.25, -0.2) is 4.98 Å². The Morgan fingerprint density at radius 3 is 3.00 bits per heavy atom. The molecule has 0 saturated carbocycles. The molecule has 2 aromatic heterocycles. The molecule has 3 heterocycles. The number of rotatable bonds is 0. The second kappa shape index (κ2) is 3.02. The summed E-state index contributed by atoms with van der Waals surface area (Å²) in [5.74, 6) is 1.87. The number of nitrogens with one attached hydrogen (secondary N) is 2. The number of anilines is 2. The van der Waals surface area contributed by atoms with Crippen LogP contribution in [0.25, 0.3) is 22.4 Å². The number of hydrogen-bond donors (Lipinski definition) is 4. The molecule has 1 unspecified atom stereocenters. The van der Waals surface area contributed by atoms with Crippen LogP contribution in [-0.4, -0.2) is 19.7 Å². The smallest absolute Gasteiger partial charge is 0.163 e. The molecule has 4 rings (SSSR count). The zero-order chi connectivity index (χ0) is 12.3. The van der Waals surface area contributed by atoms with Crippen molar-refractivity contribution >= 4 is 22.7 Å². The molecule has 0 aliphatic carbocycles. The Labute approximate surface area is 102 Å². The summed E-state index contributed by atoms with van der Waals surface area (Å²) in [6.45, 7) is 0. The Morgan fingerprint density at radius 1 is 1.28 bits per heavy atom. The van der Waals surface area contributed by atoms with Crippen molar-refractivity contribution in [2.24, 2.45) is 5.73 Å². The van der Waals surface area contributed by atoms with E-state index in [4.69, 9.17) is 11.5 Å². The zero-order valence-electron chi connectivity index (χ0n) is 9.38. The molecule has 0 bridgehead atoms. The molecular weight excluding hydrogens is 230 g/mol. The highest BCUT2D eigenvalue weighted by molar-refractivity contribution is 5.89. The lowest BCUT2D eigenvalue weighted by atomic mass is 10.2. The maximum absolute atomic E-state index is 6.10. The fourth-order valence-corrected chi connectivity index (χ4v) is 2.39. The van der Waals surface area contributed by atoms with Crippen molar-refractivity contribution < 1.29 is 0 Å². The van der Waals surface area contributed by atoms with Crippen molar-refractivity contribution in [2.45, 2.75) is 6.29 Å². The summed E-state index contributed by atoms with van der Waals surface area (Å²) in [5, 5.41) is 9.92. The Kier molecular flexibility index (Phi) is 1.59. The number of imidazole rings is 1. The first kappa shape index (κ1) is 9.49. The van der Waals surface area contributed by atoms with Gasteiger partial charge in [-0.2, -0.15) is 5.10 Å². The van der Waals surface area contributed by atoms with Crippen LogP contribution in [0.5, 0.6) is 0 Å². The summed E-state index contributed by atoms with van der Waals surface area (Å²) >= 11 is 0. The molecular formula is C11H11N7. The van der Waals surface area contributed by atoms with Gasteiger partial charge in [0.1, 0.15) is 11.4 Å². The molecule has 0 radical (unpaired) electrons. The Balaban J connectivity index is 2.15. The molecule has 1 aliphatic heterocycles. The Bertz CT molecular complexity index is 754. The van der Waals surface area contributed by atoms with E-state index < -0.39 is 6.29 Å². The predicted octanol–water partition coefficient (Wildman–Crippen LogP) is 0.849. The van der Waals surface area contributed by atoms with Gasteiger partial charge in [-0.15, -0.1) is 0 Å². The molecule has 1 aliphatic rings. The van der Waals surface area contributed by atoms with E-state index in [2.05, 4.69) is 20.5 Å². The Hall–Kier alpha value is -2.54. The molecule has 18 heavy (non-hydrogen) atoms. The molecule has 7 nitrogen and oxygen atoms in total. The molecule has 6 N–H and O–H groups in total. The van der Waals surface area contributed by atoms with Crippen LogP contribution in [0.1, 0.15) is 6.29 Å². The lowest BCUT2D eigenvalue weighted by Crippen LogP contribution is -2.30. The number of nitrogens with two attached hydrogens (primary N) is 2. The topological polar surface area (TPSA) is 111 Å². The number of nitrogen functional groups attached to an aromatic ring is 1. The van der Waals surface area contributed by atoms with E-state index in [9.17, 15) is 0 Å². The van der Waals surface area contributed by atoms with Gasteiger partial charge in [-0.3, -0.25) is 15.4 Å². The average molecular weight is 241 g/mol. The van der Waals surface area contributed by atoms with Crippen LogP contribution in [0.4, 0.5) is 11.6 Å². The van der Waals surface area contributed by atoms with Gasteiger partial charge in [0.15, 0.2) is 17.9 Å². The first-order chi connectivity index (χ1) is 8.75. The average Bonchev–Trinajstić information content (AvgIpc) is 2.90. The largest absolute Gasteiger partial charge is 0.383 e. The third-order valence-corrected chi connectivity index (χ3v) is 3.18. The van der Waals surface area contributed by atoms with Crippen molar-refractivity contribution in [1.29, 1.82) is 0 Å². The second-order valence-corrected chi connectivity index (χ2v) is 4.24. The lowest BCUT2D eigenvalue weighted by molar-refractivity contribution is 0.597. The summed E-state index contributed by atoms with van der Waals surface area (Å²) in [5.41, 5.74) is 14.6. The highest BCUT2D eigenvalue weighted by Crippen LogP contribution is 2.38. The lowest BCUT2D eigenvalue weighted by Gasteiger charge is -2.23.